The van der Waals surface area contributed by atoms with E-state index in [0.29, 0.717) is 0 Å². The van der Waals surface area contributed by atoms with Gasteiger partial charge in [-0.3, -0.25) is 4.98 Å². The van der Waals surface area contributed by atoms with E-state index in [4.69, 9.17) is 0 Å². The summed E-state index contributed by atoms with van der Waals surface area (Å²) < 4.78 is 0. The van der Waals surface area contributed by atoms with Gasteiger partial charge in [0.2, 0.25) is 0 Å². The number of aromatic nitrogens is 1. The Kier molecular flexibility index (Phi) is 25.9. The fourth-order valence-corrected chi connectivity index (χ4v) is 0.847. The molecule has 0 unspecified atom stereocenters. The van der Waals surface area contributed by atoms with E-state index in [1.54, 1.807) is 12.4 Å². The molecule has 0 amide bonds. The molecule has 2 rings (SSSR count). The van der Waals surface area contributed by atoms with Crippen molar-refractivity contribution in [1.82, 2.24) is 4.98 Å². The molecule has 0 aliphatic carbocycles. The first kappa shape index (κ1) is 26.3. The Balaban J connectivity index is -0.000000231. The Morgan fingerprint density at radius 2 is 0.913 bits per heavy atom. The standard InChI is InChI=1S/C7H8.C5H5N.2C4H10.C2H6/c1-7-5-3-2-4-6-7;1-2-4-6-5-3-1;2*1-4(2)3;1-2/h2-6H,1H3;1-5H;2*4H,1-3H3;1-2H3. The van der Waals surface area contributed by atoms with Gasteiger partial charge in [0.15, 0.2) is 0 Å². The van der Waals surface area contributed by atoms with Crippen LogP contribution in [0.2, 0.25) is 0 Å². The highest BCUT2D eigenvalue weighted by atomic mass is 14.6. The normalized spacial score (nSPS) is 8.13. The van der Waals surface area contributed by atoms with E-state index in [-0.39, 0.29) is 0 Å². The number of hydrogen-bond donors (Lipinski definition) is 0. The van der Waals surface area contributed by atoms with Crippen molar-refractivity contribution >= 4 is 0 Å². The second kappa shape index (κ2) is 22.6. The second-order valence-electron chi connectivity index (χ2n) is 6.14. The first-order chi connectivity index (χ1) is 10.9. The van der Waals surface area contributed by atoms with Gasteiger partial charge in [-0.1, -0.05) is 97.4 Å². The minimum absolute atomic E-state index is 0.833. The molecular formula is C22H39N. The Hall–Kier alpha value is -1.63. The first-order valence-corrected chi connectivity index (χ1v) is 8.72. The molecule has 0 N–H and O–H groups in total. The first-order valence-electron chi connectivity index (χ1n) is 8.72. The third kappa shape index (κ3) is 44.9. The van der Waals surface area contributed by atoms with Crippen molar-refractivity contribution in [3.05, 3.63) is 66.5 Å². The van der Waals surface area contributed by atoms with E-state index < -0.39 is 0 Å². The zero-order valence-corrected chi connectivity index (χ0v) is 16.9. The van der Waals surface area contributed by atoms with Gasteiger partial charge in [0.05, 0.1) is 0 Å². The fourth-order valence-electron chi connectivity index (χ4n) is 0.847. The summed E-state index contributed by atoms with van der Waals surface area (Å²) in [5.74, 6) is 1.67. The van der Waals surface area contributed by atoms with Crippen molar-refractivity contribution in [3.63, 3.8) is 0 Å². The number of nitrogens with zero attached hydrogens (tertiary/aromatic N) is 1. The number of rotatable bonds is 0. The van der Waals surface area contributed by atoms with Crippen LogP contribution in [0.25, 0.3) is 0 Å². The van der Waals surface area contributed by atoms with Gasteiger partial charge in [0.1, 0.15) is 0 Å². The van der Waals surface area contributed by atoms with Crippen molar-refractivity contribution in [2.24, 2.45) is 11.8 Å². The molecule has 132 valence electrons. The Morgan fingerprint density at radius 1 is 0.609 bits per heavy atom. The van der Waals surface area contributed by atoms with Crippen LogP contribution in [0.5, 0.6) is 0 Å². The zero-order valence-electron chi connectivity index (χ0n) is 16.9. The molecule has 0 fully saturated rings. The van der Waals surface area contributed by atoms with E-state index in [2.05, 4.69) is 65.6 Å². The molecule has 2 aromatic rings. The lowest BCUT2D eigenvalue weighted by Gasteiger charge is -1.82. The van der Waals surface area contributed by atoms with Gasteiger partial charge >= 0.3 is 0 Å². The van der Waals surface area contributed by atoms with Gasteiger partial charge in [-0.2, -0.15) is 0 Å². The smallest absolute Gasteiger partial charge is 0.0267 e. The summed E-state index contributed by atoms with van der Waals surface area (Å²) >= 11 is 0. The lowest BCUT2D eigenvalue weighted by atomic mass is 10.2. The van der Waals surface area contributed by atoms with E-state index in [9.17, 15) is 0 Å². The van der Waals surface area contributed by atoms with Crippen LogP contribution in [0.3, 0.4) is 0 Å². The van der Waals surface area contributed by atoms with Crippen LogP contribution in [-0.4, -0.2) is 4.98 Å². The van der Waals surface area contributed by atoms with Crippen LogP contribution in [0, 0.1) is 18.8 Å². The molecule has 0 bridgehead atoms. The second-order valence-corrected chi connectivity index (χ2v) is 6.14. The van der Waals surface area contributed by atoms with Crippen LogP contribution in [0.1, 0.15) is 61.0 Å². The topological polar surface area (TPSA) is 12.9 Å². The third-order valence-electron chi connectivity index (χ3n) is 1.51. The van der Waals surface area contributed by atoms with E-state index in [1.165, 1.54) is 5.56 Å². The number of aryl methyl sites for hydroxylation is 1. The summed E-state index contributed by atoms with van der Waals surface area (Å²) in [4.78, 5) is 3.78. The Bertz CT molecular complexity index is 341. The van der Waals surface area contributed by atoms with Gasteiger partial charge in [0, 0.05) is 12.4 Å². The average Bonchev–Trinajstić information content (AvgIpc) is 2.51. The summed E-state index contributed by atoms with van der Waals surface area (Å²) in [5.41, 5.74) is 1.32. The highest BCUT2D eigenvalue weighted by Crippen LogP contribution is 1.92. The molecule has 0 aliphatic rings. The lowest BCUT2D eigenvalue weighted by Crippen LogP contribution is -1.66. The van der Waals surface area contributed by atoms with E-state index >= 15 is 0 Å². The van der Waals surface area contributed by atoms with Crippen LogP contribution >= 0.6 is 0 Å². The number of hydrogen-bond acceptors (Lipinski definition) is 1. The summed E-state index contributed by atoms with van der Waals surface area (Å²) in [6, 6.07) is 16.0. The molecule has 1 aromatic carbocycles. The van der Waals surface area contributed by atoms with Crippen molar-refractivity contribution in [2.75, 3.05) is 0 Å². The summed E-state index contributed by atoms with van der Waals surface area (Å²) in [6.45, 7) is 19.1. The third-order valence-corrected chi connectivity index (χ3v) is 1.51. The van der Waals surface area contributed by atoms with Crippen molar-refractivity contribution in [2.45, 2.75) is 62.3 Å². The maximum absolute atomic E-state index is 3.78. The van der Waals surface area contributed by atoms with Gasteiger partial charge in [0.25, 0.3) is 0 Å². The average molecular weight is 318 g/mol. The maximum atomic E-state index is 3.78. The highest BCUT2D eigenvalue weighted by Gasteiger charge is 1.72. The fraction of sp³-hybridized carbons (Fsp3) is 0.500. The van der Waals surface area contributed by atoms with Crippen molar-refractivity contribution in [3.8, 4) is 0 Å². The molecule has 0 atom stereocenters. The SMILES string of the molecule is CC.CC(C)C.CC(C)C.Cc1ccccc1.c1ccncc1. The minimum Gasteiger partial charge on any atom is -0.265 e. The molecule has 0 spiro atoms. The monoisotopic (exact) mass is 317 g/mol. The molecule has 23 heavy (non-hydrogen) atoms. The van der Waals surface area contributed by atoms with E-state index in [1.807, 2.05) is 50.2 Å². The van der Waals surface area contributed by atoms with Crippen LogP contribution in [-0.2, 0) is 0 Å². The molecule has 0 saturated heterocycles. The quantitative estimate of drug-likeness (QED) is 0.492. The molecular weight excluding hydrogens is 278 g/mol. The van der Waals surface area contributed by atoms with Crippen LogP contribution in [0.15, 0.2) is 60.9 Å². The van der Waals surface area contributed by atoms with Gasteiger partial charge in [-0.25, -0.2) is 0 Å². The van der Waals surface area contributed by atoms with Gasteiger partial charge in [-0.15, -0.1) is 0 Å². The molecule has 1 heteroatoms. The summed E-state index contributed by atoms with van der Waals surface area (Å²) in [5, 5.41) is 0. The lowest BCUT2D eigenvalue weighted by molar-refractivity contribution is 0.736. The Labute approximate surface area is 146 Å². The van der Waals surface area contributed by atoms with Gasteiger partial charge in [-0.05, 0) is 30.9 Å². The Morgan fingerprint density at radius 3 is 1.04 bits per heavy atom. The number of pyridine rings is 1. The molecule has 1 nitrogen and oxygen atoms in total. The van der Waals surface area contributed by atoms with Gasteiger partial charge < -0.3 is 0 Å². The van der Waals surface area contributed by atoms with E-state index in [0.717, 1.165) is 11.8 Å². The molecule has 0 aliphatic heterocycles. The molecule has 0 saturated carbocycles. The van der Waals surface area contributed by atoms with Crippen LogP contribution in [0.4, 0.5) is 0 Å². The zero-order chi connectivity index (χ0) is 18.5. The van der Waals surface area contributed by atoms with Crippen molar-refractivity contribution in [1.29, 1.82) is 0 Å². The number of benzene rings is 1. The van der Waals surface area contributed by atoms with Crippen LogP contribution < -0.4 is 0 Å². The highest BCUT2D eigenvalue weighted by molar-refractivity contribution is 5.11. The summed E-state index contributed by atoms with van der Waals surface area (Å²) in [7, 11) is 0. The molecule has 1 heterocycles. The molecule has 1 aromatic heterocycles. The minimum atomic E-state index is 0.833. The predicted molar refractivity (Wildman–Crippen MR) is 108 cm³/mol. The van der Waals surface area contributed by atoms with Crippen molar-refractivity contribution < 1.29 is 0 Å². The predicted octanol–water partition coefficient (Wildman–Crippen LogP) is 7.43. The largest absolute Gasteiger partial charge is 0.265 e. The molecule has 0 radical (unpaired) electrons. The maximum Gasteiger partial charge on any atom is 0.0267 e. The summed E-state index contributed by atoms with van der Waals surface area (Å²) in [6.07, 6.45) is 3.50.